The molecular formula is C14H15N3O4. The van der Waals surface area contributed by atoms with Crippen LogP contribution in [0.15, 0.2) is 27.8 Å². The fourth-order valence-electron chi connectivity index (χ4n) is 2.35. The van der Waals surface area contributed by atoms with Gasteiger partial charge in [-0.05, 0) is 25.0 Å². The van der Waals surface area contributed by atoms with Crippen LogP contribution >= 0.6 is 0 Å². The zero-order valence-corrected chi connectivity index (χ0v) is 11.8. The average molecular weight is 289 g/mol. The highest BCUT2D eigenvalue weighted by Crippen LogP contribution is 2.23. The Morgan fingerprint density at radius 3 is 2.81 bits per heavy atom. The van der Waals surface area contributed by atoms with E-state index in [2.05, 4.69) is 9.97 Å². The summed E-state index contributed by atoms with van der Waals surface area (Å²) in [6.45, 7) is 4.53. The van der Waals surface area contributed by atoms with Crippen molar-refractivity contribution in [2.45, 2.75) is 26.5 Å². The van der Waals surface area contributed by atoms with E-state index in [1.807, 2.05) is 32.0 Å². The summed E-state index contributed by atoms with van der Waals surface area (Å²) in [5.41, 5.74) is 0.856. The number of ether oxygens (including phenoxy) is 2. The van der Waals surface area contributed by atoms with Crippen molar-refractivity contribution in [3.8, 4) is 11.8 Å². The molecule has 7 heteroatoms. The van der Waals surface area contributed by atoms with Crippen LogP contribution in [0.2, 0.25) is 0 Å². The topological polar surface area (TPSA) is 86.2 Å². The van der Waals surface area contributed by atoms with Crippen LogP contribution in [-0.4, -0.2) is 27.2 Å². The minimum Gasteiger partial charge on any atom is -0.489 e. The van der Waals surface area contributed by atoms with Crippen LogP contribution in [-0.2, 0) is 6.54 Å². The molecule has 1 unspecified atom stereocenters. The van der Waals surface area contributed by atoms with Crippen molar-refractivity contribution >= 4 is 0 Å². The summed E-state index contributed by atoms with van der Waals surface area (Å²) in [5.74, 6) is 0.813. The molecular weight excluding hydrogens is 274 g/mol. The molecule has 0 saturated heterocycles. The number of nitrogens with one attached hydrogen (secondary N) is 1. The third kappa shape index (κ3) is 2.54. The summed E-state index contributed by atoms with van der Waals surface area (Å²) in [6.07, 6.45) is -0.348. The van der Waals surface area contributed by atoms with Crippen molar-refractivity contribution in [1.82, 2.24) is 14.5 Å². The zero-order chi connectivity index (χ0) is 15.0. The number of aromatic amines is 1. The predicted molar refractivity (Wildman–Crippen MR) is 74.9 cm³/mol. The first-order valence-electron chi connectivity index (χ1n) is 6.61. The molecule has 0 amide bonds. The zero-order valence-electron chi connectivity index (χ0n) is 11.8. The van der Waals surface area contributed by atoms with Crippen LogP contribution in [0.3, 0.4) is 0 Å². The quantitative estimate of drug-likeness (QED) is 0.883. The standard InChI is InChI=1S/C14H15N3O4/c1-8-4-3-5-9(2)11(8)20-7-10-6-17-13(19)15-12(18)16-14(17)21-10/h3-5,10H,6-7H2,1-2H3,(H,15,18,19). The van der Waals surface area contributed by atoms with Gasteiger partial charge in [-0.2, -0.15) is 0 Å². The number of H-pyrrole nitrogens is 1. The van der Waals surface area contributed by atoms with Crippen LogP contribution < -0.4 is 20.9 Å². The van der Waals surface area contributed by atoms with Crippen molar-refractivity contribution in [2.24, 2.45) is 0 Å². The maximum absolute atomic E-state index is 11.6. The lowest BCUT2D eigenvalue weighted by molar-refractivity contribution is 0.142. The maximum atomic E-state index is 11.6. The molecule has 110 valence electrons. The Hall–Kier alpha value is -2.57. The number of rotatable bonds is 3. The van der Waals surface area contributed by atoms with Crippen molar-refractivity contribution < 1.29 is 9.47 Å². The molecule has 1 aliphatic rings. The number of para-hydroxylation sites is 1. The van der Waals surface area contributed by atoms with E-state index in [9.17, 15) is 9.59 Å². The Morgan fingerprint density at radius 1 is 1.38 bits per heavy atom. The van der Waals surface area contributed by atoms with Gasteiger partial charge in [-0.15, -0.1) is 4.98 Å². The molecule has 21 heavy (non-hydrogen) atoms. The summed E-state index contributed by atoms with van der Waals surface area (Å²) in [4.78, 5) is 28.5. The van der Waals surface area contributed by atoms with Gasteiger partial charge in [0.05, 0.1) is 6.54 Å². The molecule has 0 fully saturated rings. The van der Waals surface area contributed by atoms with Gasteiger partial charge in [-0.25, -0.2) is 14.2 Å². The average Bonchev–Trinajstić information content (AvgIpc) is 2.81. The SMILES string of the molecule is Cc1cccc(C)c1OCC1Cn2c(nc(=O)[nH]c2=O)O1. The Bertz CT molecular complexity index is 773. The lowest BCUT2D eigenvalue weighted by atomic mass is 10.1. The van der Waals surface area contributed by atoms with Gasteiger partial charge < -0.3 is 9.47 Å². The second kappa shape index (κ2) is 5.08. The predicted octanol–water partition coefficient (Wildman–Crippen LogP) is 0.388. The van der Waals surface area contributed by atoms with Crippen LogP contribution in [0, 0.1) is 13.8 Å². The van der Waals surface area contributed by atoms with Gasteiger partial charge in [-0.3, -0.25) is 4.98 Å². The maximum Gasteiger partial charge on any atom is 0.353 e. The summed E-state index contributed by atoms with van der Waals surface area (Å²) in [6, 6.07) is 5.95. The van der Waals surface area contributed by atoms with Gasteiger partial charge in [0, 0.05) is 0 Å². The molecule has 2 aromatic rings. The fraction of sp³-hybridized carbons (Fsp3) is 0.357. The number of aryl methyl sites for hydroxylation is 2. The highest BCUT2D eigenvalue weighted by molar-refractivity contribution is 5.39. The Morgan fingerprint density at radius 2 is 2.10 bits per heavy atom. The van der Waals surface area contributed by atoms with E-state index in [-0.39, 0.29) is 18.7 Å². The van der Waals surface area contributed by atoms with E-state index in [0.717, 1.165) is 16.9 Å². The second-order valence-corrected chi connectivity index (χ2v) is 5.01. The molecule has 0 spiro atoms. The smallest absolute Gasteiger partial charge is 0.353 e. The number of benzene rings is 1. The van der Waals surface area contributed by atoms with Gasteiger partial charge in [0.1, 0.15) is 12.4 Å². The summed E-state index contributed by atoms with van der Waals surface area (Å²) < 4.78 is 12.6. The molecule has 3 rings (SSSR count). The Labute approximate surface area is 120 Å². The third-order valence-electron chi connectivity index (χ3n) is 3.37. The minimum atomic E-state index is -0.706. The highest BCUT2D eigenvalue weighted by Gasteiger charge is 2.26. The van der Waals surface area contributed by atoms with E-state index >= 15 is 0 Å². The Kier molecular flexibility index (Phi) is 3.25. The third-order valence-corrected chi connectivity index (χ3v) is 3.37. The Balaban J connectivity index is 1.73. The van der Waals surface area contributed by atoms with Crippen LogP contribution in [0.4, 0.5) is 0 Å². The molecule has 7 nitrogen and oxygen atoms in total. The molecule has 2 heterocycles. The van der Waals surface area contributed by atoms with Crippen LogP contribution in [0.25, 0.3) is 0 Å². The fourth-order valence-corrected chi connectivity index (χ4v) is 2.35. The van der Waals surface area contributed by atoms with Crippen molar-refractivity contribution in [3.63, 3.8) is 0 Å². The lowest BCUT2D eigenvalue weighted by Gasteiger charge is -2.14. The highest BCUT2D eigenvalue weighted by atomic mass is 16.6. The molecule has 0 bridgehead atoms. The van der Waals surface area contributed by atoms with Crippen molar-refractivity contribution in [2.75, 3.05) is 6.61 Å². The molecule has 0 aliphatic carbocycles. The van der Waals surface area contributed by atoms with Gasteiger partial charge in [0.25, 0.3) is 0 Å². The van der Waals surface area contributed by atoms with E-state index in [4.69, 9.17) is 9.47 Å². The normalized spacial score (nSPS) is 16.4. The number of hydrogen-bond acceptors (Lipinski definition) is 5. The number of aromatic nitrogens is 3. The lowest BCUT2D eigenvalue weighted by Crippen LogP contribution is -2.30. The molecule has 0 radical (unpaired) electrons. The van der Waals surface area contributed by atoms with Crippen molar-refractivity contribution in [3.05, 3.63) is 50.3 Å². The number of nitrogens with zero attached hydrogens (tertiary/aromatic N) is 2. The van der Waals surface area contributed by atoms with E-state index < -0.39 is 11.4 Å². The first kappa shape index (κ1) is 13.4. The number of hydrogen-bond donors (Lipinski definition) is 1. The van der Waals surface area contributed by atoms with Crippen LogP contribution in [0.5, 0.6) is 11.8 Å². The minimum absolute atomic E-state index is 0.0406. The molecule has 0 saturated carbocycles. The van der Waals surface area contributed by atoms with E-state index in [1.54, 1.807) is 0 Å². The summed E-state index contributed by atoms with van der Waals surface area (Å²) in [7, 11) is 0. The molecule has 1 aromatic carbocycles. The van der Waals surface area contributed by atoms with Gasteiger partial charge in [-0.1, -0.05) is 18.2 Å². The largest absolute Gasteiger partial charge is 0.489 e. The first-order chi connectivity index (χ1) is 10.0. The van der Waals surface area contributed by atoms with E-state index in [1.165, 1.54) is 4.57 Å². The summed E-state index contributed by atoms with van der Waals surface area (Å²) in [5, 5.41) is 0. The number of fused-ring (bicyclic) bond motifs is 1. The second-order valence-electron chi connectivity index (χ2n) is 5.01. The van der Waals surface area contributed by atoms with Gasteiger partial charge in [0.2, 0.25) is 0 Å². The molecule has 1 aliphatic heterocycles. The van der Waals surface area contributed by atoms with Gasteiger partial charge in [0.15, 0.2) is 6.10 Å². The molecule has 1 aromatic heterocycles. The molecule has 1 N–H and O–H groups in total. The first-order valence-corrected chi connectivity index (χ1v) is 6.61. The monoisotopic (exact) mass is 289 g/mol. The van der Waals surface area contributed by atoms with Crippen LogP contribution in [0.1, 0.15) is 11.1 Å². The van der Waals surface area contributed by atoms with Gasteiger partial charge >= 0.3 is 17.4 Å². The van der Waals surface area contributed by atoms with E-state index in [0.29, 0.717) is 6.54 Å². The van der Waals surface area contributed by atoms with Crippen molar-refractivity contribution in [1.29, 1.82) is 0 Å². The molecule has 1 atom stereocenters. The summed E-state index contributed by atoms with van der Waals surface area (Å²) >= 11 is 0.